The van der Waals surface area contributed by atoms with Crippen LogP contribution in [-0.4, -0.2) is 72.1 Å². The van der Waals surface area contributed by atoms with Gasteiger partial charge in [0.2, 0.25) is 11.8 Å². The zero-order valence-electron chi connectivity index (χ0n) is 17.6. The van der Waals surface area contributed by atoms with Gasteiger partial charge in [0.15, 0.2) is 0 Å². The zero-order valence-corrected chi connectivity index (χ0v) is 17.6. The maximum absolute atomic E-state index is 12.9. The standard InChI is InChI=1S/C23H35N3O3/c1-25-13-6-14-26(16-15-25)23(29)19-11-12-20(21(27)17-19)24-22(28)10-5-9-18-7-3-2-4-8-18/h2-4,7-8,19-21,27H,5-6,9-17H2,1H3,(H,24,28)/t19-,20+,21+/m0/s1. The van der Waals surface area contributed by atoms with E-state index in [1.165, 1.54) is 5.56 Å². The molecule has 29 heavy (non-hydrogen) atoms. The third-order valence-electron chi connectivity index (χ3n) is 6.26. The number of aliphatic hydroxyl groups is 1. The summed E-state index contributed by atoms with van der Waals surface area (Å²) in [6, 6.07) is 9.91. The van der Waals surface area contributed by atoms with E-state index >= 15 is 0 Å². The molecule has 6 nitrogen and oxygen atoms in total. The molecule has 3 atom stereocenters. The molecule has 2 aliphatic rings. The molecule has 2 amide bonds. The first-order valence-electron chi connectivity index (χ1n) is 11.0. The van der Waals surface area contributed by atoms with Crippen molar-refractivity contribution in [1.82, 2.24) is 15.1 Å². The van der Waals surface area contributed by atoms with E-state index in [9.17, 15) is 14.7 Å². The molecule has 2 N–H and O–H groups in total. The van der Waals surface area contributed by atoms with E-state index in [0.717, 1.165) is 51.9 Å². The third-order valence-corrected chi connectivity index (χ3v) is 6.26. The van der Waals surface area contributed by atoms with Gasteiger partial charge in [-0.3, -0.25) is 9.59 Å². The molecule has 1 saturated carbocycles. The molecule has 1 aliphatic heterocycles. The van der Waals surface area contributed by atoms with Gasteiger partial charge in [-0.05, 0) is 57.7 Å². The van der Waals surface area contributed by atoms with Gasteiger partial charge in [-0.15, -0.1) is 0 Å². The fourth-order valence-electron chi connectivity index (χ4n) is 4.44. The van der Waals surface area contributed by atoms with Crippen LogP contribution in [0.1, 0.15) is 44.1 Å². The van der Waals surface area contributed by atoms with E-state index in [1.807, 2.05) is 23.1 Å². The maximum Gasteiger partial charge on any atom is 0.225 e. The molecule has 0 bridgehead atoms. The van der Waals surface area contributed by atoms with Gasteiger partial charge in [0.1, 0.15) is 0 Å². The molecule has 1 aliphatic carbocycles. The molecule has 1 saturated heterocycles. The van der Waals surface area contributed by atoms with Crippen molar-refractivity contribution in [3.8, 4) is 0 Å². The predicted molar refractivity (Wildman–Crippen MR) is 113 cm³/mol. The number of aliphatic hydroxyl groups excluding tert-OH is 1. The van der Waals surface area contributed by atoms with Crippen LogP contribution in [-0.2, 0) is 16.0 Å². The molecule has 2 fully saturated rings. The number of carbonyl (C=O) groups is 2. The number of hydrogen-bond acceptors (Lipinski definition) is 4. The molecular formula is C23H35N3O3. The van der Waals surface area contributed by atoms with E-state index in [1.54, 1.807) is 0 Å². The lowest BCUT2D eigenvalue weighted by Crippen LogP contribution is -2.49. The van der Waals surface area contributed by atoms with Crippen molar-refractivity contribution in [2.24, 2.45) is 5.92 Å². The Kier molecular flexibility index (Phi) is 8.07. The highest BCUT2D eigenvalue weighted by Crippen LogP contribution is 2.27. The van der Waals surface area contributed by atoms with Crippen LogP contribution in [0.3, 0.4) is 0 Å². The smallest absolute Gasteiger partial charge is 0.225 e. The highest BCUT2D eigenvalue weighted by Gasteiger charge is 2.35. The minimum absolute atomic E-state index is 0.00897. The number of nitrogens with one attached hydrogen (secondary N) is 1. The van der Waals surface area contributed by atoms with Crippen LogP contribution in [0.5, 0.6) is 0 Å². The van der Waals surface area contributed by atoms with Crippen LogP contribution < -0.4 is 5.32 Å². The topological polar surface area (TPSA) is 72.9 Å². The second kappa shape index (κ2) is 10.7. The number of nitrogens with zero attached hydrogens (tertiary/aromatic N) is 2. The molecule has 1 aromatic carbocycles. The van der Waals surface area contributed by atoms with Gasteiger partial charge in [-0.25, -0.2) is 0 Å². The maximum atomic E-state index is 12.9. The van der Waals surface area contributed by atoms with E-state index in [4.69, 9.17) is 0 Å². The lowest BCUT2D eigenvalue weighted by atomic mass is 9.83. The van der Waals surface area contributed by atoms with Gasteiger partial charge in [-0.1, -0.05) is 30.3 Å². The highest BCUT2D eigenvalue weighted by molar-refractivity contribution is 5.79. The molecule has 0 radical (unpaired) electrons. The molecule has 160 valence electrons. The lowest BCUT2D eigenvalue weighted by molar-refractivity contribution is -0.138. The molecule has 3 rings (SSSR count). The second-order valence-electron chi connectivity index (χ2n) is 8.57. The summed E-state index contributed by atoms with van der Waals surface area (Å²) >= 11 is 0. The van der Waals surface area contributed by atoms with Crippen molar-refractivity contribution in [2.75, 3.05) is 33.2 Å². The molecule has 0 aromatic heterocycles. The fraction of sp³-hybridized carbons (Fsp3) is 0.652. The van der Waals surface area contributed by atoms with E-state index < -0.39 is 6.10 Å². The Balaban J connectivity index is 1.40. The van der Waals surface area contributed by atoms with Crippen molar-refractivity contribution in [3.63, 3.8) is 0 Å². The lowest BCUT2D eigenvalue weighted by Gasteiger charge is -2.35. The molecule has 1 heterocycles. The Morgan fingerprint density at radius 3 is 2.66 bits per heavy atom. The number of likely N-dealkylation sites (N-methyl/N-ethyl adjacent to an activating group) is 1. The summed E-state index contributed by atoms with van der Waals surface area (Å²) in [6.45, 7) is 3.50. The van der Waals surface area contributed by atoms with E-state index in [-0.39, 0.29) is 23.8 Å². The summed E-state index contributed by atoms with van der Waals surface area (Å²) in [6.07, 6.45) is 4.32. The van der Waals surface area contributed by atoms with Crippen LogP contribution >= 0.6 is 0 Å². The van der Waals surface area contributed by atoms with Crippen molar-refractivity contribution >= 4 is 11.8 Å². The van der Waals surface area contributed by atoms with Crippen molar-refractivity contribution < 1.29 is 14.7 Å². The molecule has 1 aromatic rings. The fourth-order valence-corrected chi connectivity index (χ4v) is 4.44. The van der Waals surface area contributed by atoms with Crippen LogP contribution in [0.15, 0.2) is 30.3 Å². The van der Waals surface area contributed by atoms with Gasteiger partial charge in [-0.2, -0.15) is 0 Å². The average molecular weight is 402 g/mol. The van der Waals surface area contributed by atoms with Crippen LogP contribution in [0.25, 0.3) is 0 Å². The monoisotopic (exact) mass is 401 g/mol. The predicted octanol–water partition coefficient (Wildman–Crippen LogP) is 1.82. The molecule has 0 spiro atoms. The normalized spacial score (nSPS) is 26.0. The molecule has 0 unspecified atom stereocenters. The van der Waals surface area contributed by atoms with E-state index in [0.29, 0.717) is 19.3 Å². The van der Waals surface area contributed by atoms with Crippen LogP contribution in [0.4, 0.5) is 0 Å². The number of carbonyl (C=O) groups excluding carboxylic acids is 2. The Morgan fingerprint density at radius 1 is 1.10 bits per heavy atom. The Morgan fingerprint density at radius 2 is 1.90 bits per heavy atom. The summed E-state index contributed by atoms with van der Waals surface area (Å²) in [5.41, 5.74) is 1.24. The summed E-state index contributed by atoms with van der Waals surface area (Å²) in [5, 5.41) is 13.5. The third kappa shape index (κ3) is 6.54. The van der Waals surface area contributed by atoms with Gasteiger partial charge >= 0.3 is 0 Å². The quantitative estimate of drug-likeness (QED) is 0.763. The summed E-state index contributed by atoms with van der Waals surface area (Å²) in [5.74, 6) is 0.0388. The second-order valence-corrected chi connectivity index (χ2v) is 8.57. The summed E-state index contributed by atoms with van der Waals surface area (Å²) in [4.78, 5) is 29.4. The Labute approximate surface area is 174 Å². The highest BCUT2D eigenvalue weighted by atomic mass is 16.3. The first-order chi connectivity index (χ1) is 14.0. The molecule has 6 heteroatoms. The van der Waals surface area contributed by atoms with E-state index in [2.05, 4.69) is 29.4 Å². The van der Waals surface area contributed by atoms with Crippen LogP contribution in [0, 0.1) is 5.92 Å². The zero-order chi connectivity index (χ0) is 20.6. The average Bonchev–Trinajstić information content (AvgIpc) is 2.94. The first-order valence-corrected chi connectivity index (χ1v) is 11.0. The number of amides is 2. The van der Waals surface area contributed by atoms with Crippen molar-refractivity contribution in [1.29, 1.82) is 0 Å². The van der Waals surface area contributed by atoms with Crippen molar-refractivity contribution in [2.45, 2.75) is 57.1 Å². The first kappa shape index (κ1) is 21.8. The van der Waals surface area contributed by atoms with Crippen molar-refractivity contribution in [3.05, 3.63) is 35.9 Å². The summed E-state index contributed by atoms with van der Waals surface area (Å²) in [7, 11) is 2.09. The van der Waals surface area contributed by atoms with Gasteiger partial charge < -0.3 is 20.2 Å². The Hall–Kier alpha value is -1.92. The minimum atomic E-state index is -0.648. The number of aryl methyl sites for hydroxylation is 1. The SMILES string of the molecule is CN1CCCN(C(=O)[C@H]2CC[C@@H](NC(=O)CCCc3ccccc3)[C@H](O)C2)CC1. The Bertz CT molecular complexity index is 667. The summed E-state index contributed by atoms with van der Waals surface area (Å²) < 4.78 is 0. The number of hydrogen-bond donors (Lipinski definition) is 2. The van der Waals surface area contributed by atoms with Gasteiger partial charge in [0.05, 0.1) is 12.1 Å². The van der Waals surface area contributed by atoms with Gasteiger partial charge in [0, 0.05) is 32.0 Å². The number of benzene rings is 1. The number of rotatable bonds is 6. The minimum Gasteiger partial charge on any atom is -0.391 e. The largest absolute Gasteiger partial charge is 0.391 e. The van der Waals surface area contributed by atoms with Crippen LogP contribution in [0.2, 0.25) is 0 Å². The van der Waals surface area contributed by atoms with Gasteiger partial charge in [0.25, 0.3) is 0 Å². The molecular weight excluding hydrogens is 366 g/mol.